The van der Waals surface area contributed by atoms with Crippen LogP contribution in [0.5, 0.6) is 0 Å². The van der Waals surface area contributed by atoms with Crippen molar-refractivity contribution in [3.63, 3.8) is 0 Å². The van der Waals surface area contributed by atoms with Crippen molar-refractivity contribution < 1.29 is 9.53 Å². The number of allylic oxidation sites excluding steroid dienone is 1. The van der Waals surface area contributed by atoms with Crippen molar-refractivity contribution in [1.29, 1.82) is 0 Å². The lowest BCUT2D eigenvalue weighted by molar-refractivity contribution is -0.141. The van der Waals surface area contributed by atoms with Crippen molar-refractivity contribution in [3.8, 4) is 0 Å². The number of rotatable bonds is 0. The fourth-order valence-corrected chi connectivity index (χ4v) is 0.884. The van der Waals surface area contributed by atoms with E-state index in [1.54, 1.807) is 0 Å². The van der Waals surface area contributed by atoms with Crippen LogP contribution in [0.15, 0.2) is 11.6 Å². The molecule has 1 aliphatic heterocycles. The van der Waals surface area contributed by atoms with Gasteiger partial charge in [-0.25, -0.2) is 4.79 Å². The molecule has 0 aliphatic carbocycles. The Bertz CT molecular complexity index is 147. The summed E-state index contributed by atoms with van der Waals surface area (Å²) in [5, 5.41) is 0. The molecule has 0 radical (unpaired) electrons. The second-order valence-electron chi connectivity index (χ2n) is 2.05. The Morgan fingerprint density at radius 1 is 1.67 bits per heavy atom. The van der Waals surface area contributed by atoms with E-state index in [0.29, 0.717) is 6.61 Å². The highest BCUT2D eigenvalue weighted by Gasteiger charge is 2.13. The van der Waals surface area contributed by atoms with Gasteiger partial charge in [-0.2, -0.15) is 0 Å². The Balaban J connectivity index is 2.60. The van der Waals surface area contributed by atoms with Gasteiger partial charge in [-0.3, -0.25) is 0 Å². The Labute approximate surface area is 54.5 Å². The van der Waals surface area contributed by atoms with Crippen molar-refractivity contribution >= 4 is 5.97 Å². The van der Waals surface area contributed by atoms with Gasteiger partial charge in [-0.1, -0.05) is 6.08 Å². The molecule has 0 aromatic heterocycles. The van der Waals surface area contributed by atoms with Gasteiger partial charge in [-0.15, -0.1) is 0 Å². The minimum absolute atomic E-state index is 0.135. The maximum atomic E-state index is 10.7. The van der Waals surface area contributed by atoms with E-state index in [1.807, 2.05) is 13.0 Å². The fraction of sp³-hybridized carbons (Fsp3) is 0.571. The second-order valence-corrected chi connectivity index (χ2v) is 2.05. The predicted molar refractivity (Wildman–Crippen MR) is 33.9 cm³/mol. The molecule has 2 heteroatoms. The van der Waals surface area contributed by atoms with Crippen molar-refractivity contribution in [2.45, 2.75) is 19.8 Å². The Hall–Kier alpha value is -0.790. The fourth-order valence-electron chi connectivity index (χ4n) is 0.884. The second kappa shape index (κ2) is 2.67. The van der Waals surface area contributed by atoms with Crippen LogP contribution in [-0.2, 0) is 9.53 Å². The van der Waals surface area contributed by atoms with Gasteiger partial charge < -0.3 is 4.74 Å². The first-order valence-corrected chi connectivity index (χ1v) is 3.17. The van der Waals surface area contributed by atoms with E-state index in [-0.39, 0.29) is 5.97 Å². The molecule has 0 bridgehead atoms. The lowest BCUT2D eigenvalue weighted by Gasteiger charge is -2.12. The minimum Gasteiger partial charge on any atom is -0.462 e. The molecular formula is C7H10O2. The number of hydrogen-bond acceptors (Lipinski definition) is 2. The van der Waals surface area contributed by atoms with Gasteiger partial charge >= 0.3 is 5.97 Å². The van der Waals surface area contributed by atoms with Crippen LogP contribution in [-0.4, -0.2) is 12.6 Å². The molecule has 0 spiro atoms. The van der Waals surface area contributed by atoms with Crippen LogP contribution in [0, 0.1) is 0 Å². The van der Waals surface area contributed by atoms with Crippen LogP contribution in [0.2, 0.25) is 0 Å². The van der Waals surface area contributed by atoms with E-state index in [1.165, 1.54) is 0 Å². The molecule has 0 saturated carbocycles. The molecule has 50 valence electrons. The zero-order chi connectivity index (χ0) is 6.69. The van der Waals surface area contributed by atoms with Crippen molar-refractivity contribution in [2.75, 3.05) is 6.61 Å². The van der Waals surface area contributed by atoms with E-state index in [0.717, 1.165) is 18.4 Å². The quantitative estimate of drug-likeness (QED) is 0.361. The molecule has 1 saturated heterocycles. The molecule has 0 unspecified atom stereocenters. The number of carbonyl (C=O) groups is 1. The topological polar surface area (TPSA) is 26.3 Å². The third-order valence-corrected chi connectivity index (χ3v) is 1.43. The van der Waals surface area contributed by atoms with Gasteiger partial charge in [-0.05, 0) is 19.8 Å². The molecule has 1 heterocycles. The summed E-state index contributed by atoms with van der Waals surface area (Å²) in [5.41, 5.74) is 0.821. The normalized spacial score (nSPS) is 24.1. The number of hydrogen-bond donors (Lipinski definition) is 0. The highest BCUT2D eigenvalue weighted by molar-refractivity contribution is 5.88. The number of ether oxygens (including phenoxy) is 1. The molecule has 0 aromatic carbocycles. The summed E-state index contributed by atoms with van der Waals surface area (Å²) in [6, 6.07) is 0. The number of esters is 1. The van der Waals surface area contributed by atoms with Crippen LogP contribution in [0.1, 0.15) is 19.8 Å². The highest BCUT2D eigenvalue weighted by Crippen LogP contribution is 2.12. The lowest BCUT2D eigenvalue weighted by atomic mass is 10.1. The first-order valence-electron chi connectivity index (χ1n) is 3.17. The molecule has 1 fully saturated rings. The van der Waals surface area contributed by atoms with Gasteiger partial charge in [0.1, 0.15) is 0 Å². The predicted octanol–water partition coefficient (Wildman–Crippen LogP) is 1.27. The van der Waals surface area contributed by atoms with Crippen LogP contribution in [0.4, 0.5) is 0 Å². The highest BCUT2D eigenvalue weighted by atomic mass is 16.5. The maximum Gasteiger partial charge on any atom is 0.333 e. The smallest absolute Gasteiger partial charge is 0.333 e. The summed E-state index contributed by atoms with van der Waals surface area (Å²) in [4.78, 5) is 10.7. The largest absolute Gasteiger partial charge is 0.462 e. The maximum absolute atomic E-state index is 10.7. The van der Waals surface area contributed by atoms with Crippen LogP contribution in [0.3, 0.4) is 0 Å². The molecule has 9 heavy (non-hydrogen) atoms. The zero-order valence-electron chi connectivity index (χ0n) is 5.52. The van der Waals surface area contributed by atoms with Crippen molar-refractivity contribution in [2.24, 2.45) is 0 Å². The molecule has 1 aliphatic rings. The van der Waals surface area contributed by atoms with E-state index < -0.39 is 0 Å². The van der Waals surface area contributed by atoms with E-state index in [9.17, 15) is 4.79 Å². The average Bonchev–Trinajstić information content (AvgIpc) is 1.89. The van der Waals surface area contributed by atoms with Gasteiger partial charge in [0.05, 0.1) is 6.61 Å². The molecule has 0 amide bonds. The Morgan fingerprint density at radius 3 is 2.89 bits per heavy atom. The van der Waals surface area contributed by atoms with E-state index >= 15 is 0 Å². The first-order chi connectivity index (χ1) is 4.34. The summed E-state index contributed by atoms with van der Waals surface area (Å²) in [7, 11) is 0. The lowest BCUT2D eigenvalue weighted by Crippen LogP contribution is -2.14. The van der Waals surface area contributed by atoms with Crippen LogP contribution < -0.4 is 0 Å². The van der Waals surface area contributed by atoms with Crippen LogP contribution in [0.25, 0.3) is 0 Å². The molecule has 1 rings (SSSR count). The van der Waals surface area contributed by atoms with Crippen LogP contribution >= 0.6 is 0 Å². The van der Waals surface area contributed by atoms with Gasteiger partial charge in [0.2, 0.25) is 0 Å². The number of carbonyl (C=O) groups excluding carboxylic acids is 1. The third-order valence-electron chi connectivity index (χ3n) is 1.43. The summed E-state index contributed by atoms with van der Waals surface area (Å²) in [6.45, 7) is 2.46. The average molecular weight is 126 g/mol. The molecule has 0 atom stereocenters. The number of cyclic esters (lactones) is 1. The summed E-state index contributed by atoms with van der Waals surface area (Å²) in [6.07, 6.45) is 3.68. The molecule has 2 nitrogen and oxygen atoms in total. The van der Waals surface area contributed by atoms with Gasteiger partial charge in [0.25, 0.3) is 0 Å². The van der Waals surface area contributed by atoms with E-state index in [2.05, 4.69) is 0 Å². The standard InChI is InChI=1S/C7H10O2/c1-2-6-4-3-5-9-7(6)8/h2H,3-5H2,1H3. The Kier molecular flexibility index (Phi) is 1.88. The third kappa shape index (κ3) is 1.31. The summed E-state index contributed by atoms with van der Waals surface area (Å²) in [5.74, 6) is -0.135. The van der Waals surface area contributed by atoms with Gasteiger partial charge in [0.15, 0.2) is 0 Å². The van der Waals surface area contributed by atoms with Crippen molar-refractivity contribution in [3.05, 3.63) is 11.6 Å². The molecule has 0 aromatic rings. The summed E-state index contributed by atoms with van der Waals surface area (Å²) < 4.78 is 4.77. The Morgan fingerprint density at radius 2 is 2.44 bits per heavy atom. The molecule has 0 N–H and O–H groups in total. The molecular weight excluding hydrogens is 116 g/mol. The zero-order valence-corrected chi connectivity index (χ0v) is 5.52. The SMILES string of the molecule is CC=C1CCCOC1=O. The summed E-state index contributed by atoms with van der Waals surface area (Å²) >= 11 is 0. The van der Waals surface area contributed by atoms with Crippen molar-refractivity contribution in [1.82, 2.24) is 0 Å². The van der Waals surface area contributed by atoms with Gasteiger partial charge in [0, 0.05) is 5.57 Å². The van der Waals surface area contributed by atoms with E-state index in [4.69, 9.17) is 4.74 Å². The monoisotopic (exact) mass is 126 g/mol. The first kappa shape index (κ1) is 6.33. The minimum atomic E-state index is -0.135.